The lowest BCUT2D eigenvalue weighted by molar-refractivity contribution is 0.174. The molecule has 0 radical (unpaired) electrons. The average molecular weight is 274 g/mol. The highest BCUT2D eigenvalue weighted by Crippen LogP contribution is 2.24. The topological polar surface area (TPSA) is 102 Å². The van der Waals surface area contributed by atoms with Crippen molar-refractivity contribution >= 4 is 15.7 Å². The fourth-order valence-electron chi connectivity index (χ4n) is 1.31. The number of benzene rings is 1. The molecule has 18 heavy (non-hydrogen) atoms. The quantitative estimate of drug-likeness (QED) is 0.649. The Labute approximate surface area is 107 Å². The summed E-state index contributed by atoms with van der Waals surface area (Å²) in [6.07, 6.45) is -0.219. The van der Waals surface area contributed by atoms with Crippen molar-refractivity contribution in [1.29, 1.82) is 0 Å². The maximum atomic E-state index is 11.9. The van der Waals surface area contributed by atoms with Gasteiger partial charge in [0.15, 0.2) is 0 Å². The van der Waals surface area contributed by atoms with E-state index in [1.54, 1.807) is 6.92 Å². The van der Waals surface area contributed by atoms with Gasteiger partial charge in [-0.1, -0.05) is 6.92 Å². The highest BCUT2D eigenvalue weighted by Gasteiger charge is 2.16. The number of anilines is 1. The molecule has 0 aliphatic heterocycles. The van der Waals surface area contributed by atoms with Gasteiger partial charge in [-0.15, -0.1) is 0 Å². The molecule has 102 valence electrons. The van der Waals surface area contributed by atoms with E-state index >= 15 is 0 Å². The molecule has 1 unspecified atom stereocenters. The molecule has 6 nitrogen and oxygen atoms in total. The van der Waals surface area contributed by atoms with Crippen molar-refractivity contribution in [3.8, 4) is 5.75 Å². The molecule has 0 saturated heterocycles. The highest BCUT2D eigenvalue weighted by atomic mass is 32.2. The van der Waals surface area contributed by atoms with E-state index in [1.165, 1.54) is 25.3 Å². The summed E-state index contributed by atoms with van der Waals surface area (Å²) in [4.78, 5) is 0.0455. The summed E-state index contributed by atoms with van der Waals surface area (Å²) in [6.45, 7) is 1.75. The van der Waals surface area contributed by atoms with E-state index in [2.05, 4.69) is 4.72 Å². The standard InChI is InChI=1S/C11H18N2O4S/c1-3-8(14)7-13-18(15,16)9-4-5-11(17-2)10(12)6-9/h4-6,8,13-14H,3,7,12H2,1-2H3. The normalized spacial score (nSPS) is 13.3. The zero-order chi connectivity index (χ0) is 13.8. The number of sulfonamides is 1. The third-order valence-corrected chi connectivity index (χ3v) is 3.91. The maximum absolute atomic E-state index is 11.9. The molecule has 0 aromatic heterocycles. The van der Waals surface area contributed by atoms with E-state index in [4.69, 9.17) is 10.5 Å². The molecule has 0 aliphatic carbocycles. The van der Waals surface area contributed by atoms with Crippen molar-refractivity contribution in [3.63, 3.8) is 0 Å². The van der Waals surface area contributed by atoms with Crippen LogP contribution < -0.4 is 15.2 Å². The third-order valence-electron chi connectivity index (χ3n) is 2.49. The van der Waals surface area contributed by atoms with E-state index in [9.17, 15) is 13.5 Å². The lowest BCUT2D eigenvalue weighted by Gasteiger charge is -2.11. The van der Waals surface area contributed by atoms with E-state index in [1.807, 2.05) is 0 Å². The summed E-state index contributed by atoms with van der Waals surface area (Å²) >= 11 is 0. The first-order valence-electron chi connectivity index (χ1n) is 5.52. The summed E-state index contributed by atoms with van der Waals surface area (Å²) in [6, 6.07) is 4.20. The first-order chi connectivity index (χ1) is 8.40. The zero-order valence-electron chi connectivity index (χ0n) is 10.4. The van der Waals surface area contributed by atoms with E-state index in [0.717, 1.165) is 0 Å². The number of rotatable bonds is 6. The second kappa shape index (κ2) is 6.03. The molecular weight excluding hydrogens is 256 g/mol. The average Bonchev–Trinajstić information content (AvgIpc) is 2.35. The molecule has 0 bridgehead atoms. The first kappa shape index (κ1) is 14.7. The van der Waals surface area contributed by atoms with Crippen LogP contribution in [0.5, 0.6) is 5.75 Å². The minimum absolute atomic E-state index is 0.0230. The van der Waals surface area contributed by atoms with Crippen LogP contribution in [0, 0.1) is 0 Å². The van der Waals surface area contributed by atoms with Gasteiger partial charge in [0.2, 0.25) is 10.0 Å². The van der Waals surface area contributed by atoms with Crippen molar-refractivity contribution in [2.75, 3.05) is 19.4 Å². The molecule has 0 saturated carbocycles. The number of ether oxygens (including phenoxy) is 1. The second-order valence-electron chi connectivity index (χ2n) is 3.82. The number of nitrogens with one attached hydrogen (secondary N) is 1. The Morgan fingerprint density at radius 1 is 1.50 bits per heavy atom. The summed E-state index contributed by atoms with van der Waals surface area (Å²) in [7, 11) is -2.20. The Morgan fingerprint density at radius 2 is 2.17 bits per heavy atom. The van der Waals surface area contributed by atoms with Gasteiger partial charge in [0.05, 0.1) is 23.8 Å². The van der Waals surface area contributed by atoms with E-state index in [-0.39, 0.29) is 17.1 Å². The summed E-state index contributed by atoms with van der Waals surface area (Å²) in [5.74, 6) is 0.419. The predicted octanol–water partition coefficient (Wildman–Crippen LogP) is 0.327. The van der Waals surface area contributed by atoms with Gasteiger partial charge in [-0.25, -0.2) is 13.1 Å². The molecule has 1 rings (SSSR count). The van der Waals surface area contributed by atoms with Crippen molar-refractivity contribution in [3.05, 3.63) is 18.2 Å². The Kier molecular flexibility index (Phi) is 4.94. The van der Waals surface area contributed by atoms with Crippen LogP contribution in [0.3, 0.4) is 0 Å². The summed E-state index contributed by atoms with van der Waals surface area (Å²) < 4.78 is 31.0. The van der Waals surface area contributed by atoms with E-state index < -0.39 is 16.1 Å². The molecule has 1 atom stereocenters. The van der Waals surface area contributed by atoms with Crippen molar-refractivity contribution in [2.24, 2.45) is 0 Å². The Hall–Kier alpha value is -1.31. The van der Waals surface area contributed by atoms with Gasteiger partial charge < -0.3 is 15.6 Å². The highest BCUT2D eigenvalue weighted by molar-refractivity contribution is 7.89. The Bertz CT molecular complexity index is 502. The molecule has 7 heteroatoms. The van der Waals surface area contributed by atoms with Gasteiger partial charge in [-0.2, -0.15) is 0 Å². The zero-order valence-corrected chi connectivity index (χ0v) is 11.2. The summed E-state index contributed by atoms with van der Waals surface area (Å²) in [5.41, 5.74) is 5.89. The van der Waals surface area contributed by atoms with Gasteiger partial charge >= 0.3 is 0 Å². The largest absolute Gasteiger partial charge is 0.495 e. The van der Waals surface area contributed by atoms with Gasteiger partial charge in [0, 0.05) is 6.54 Å². The number of hydrogen-bond acceptors (Lipinski definition) is 5. The third kappa shape index (κ3) is 3.59. The van der Waals surface area contributed by atoms with Crippen molar-refractivity contribution in [2.45, 2.75) is 24.3 Å². The molecule has 0 spiro atoms. The van der Waals surface area contributed by atoms with Crippen LogP contribution in [0.4, 0.5) is 5.69 Å². The SMILES string of the molecule is CCC(O)CNS(=O)(=O)c1ccc(OC)c(N)c1. The number of nitrogen functional groups attached to an aromatic ring is 1. The fourth-order valence-corrected chi connectivity index (χ4v) is 2.42. The Balaban J connectivity index is 2.88. The molecule has 0 aliphatic rings. The minimum Gasteiger partial charge on any atom is -0.495 e. The first-order valence-corrected chi connectivity index (χ1v) is 7.00. The molecule has 1 aromatic rings. The molecule has 0 fully saturated rings. The van der Waals surface area contributed by atoms with E-state index in [0.29, 0.717) is 12.2 Å². The molecule has 0 amide bonds. The monoisotopic (exact) mass is 274 g/mol. The number of hydrogen-bond donors (Lipinski definition) is 3. The van der Waals surface area contributed by atoms with Crippen LogP contribution in [-0.4, -0.2) is 33.3 Å². The Morgan fingerprint density at radius 3 is 2.67 bits per heavy atom. The lowest BCUT2D eigenvalue weighted by Crippen LogP contribution is -2.31. The van der Waals surface area contributed by atoms with Gasteiger partial charge in [-0.05, 0) is 24.6 Å². The van der Waals surface area contributed by atoms with Gasteiger partial charge in [-0.3, -0.25) is 0 Å². The van der Waals surface area contributed by atoms with Crippen LogP contribution >= 0.6 is 0 Å². The smallest absolute Gasteiger partial charge is 0.240 e. The van der Waals surface area contributed by atoms with Gasteiger partial charge in [0.1, 0.15) is 5.75 Å². The fraction of sp³-hybridized carbons (Fsp3) is 0.455. The number of aliphatic hydroxyl groups is 1. The minimum atomic E-state index is -3.66. The predicted molar refractivity (Wildman–Crippen MR) is 68.9 cm³/mol. The van der Waals surface area contributed by atoms with Crippen LogP contribution in [0.15, 0.2) is 23.1 Å². The lowest BCUT2D eigenvalue weighted by atomic mass is 10.3. The van der Waals surface area contributed by atoms with Crippen LogP contribution in [0.2, 0.25) is 0 Å². The summed E-state index contributed by atoms with van der Waals surface area (Å²) in [5, 5.41) is 9.33. The number of methoxy groups -OCH3 is 1. The maximum Gasteiger partial charge on any atom is 0.240 e. The molecule has 4 N–H and O–H groups in total. The van der Waals surface area contributed by atoms with Gasteiger partial charge in [0.25, 0.3) is 0 Å². The molecule has 1 aromatic carbocycles. The number of nitrogens with two attached hydrogens (primary N) is 1. The molecular formula is C11H18N2O4S. The van der Waals surface area contributed by atoms with Crippen LogP contribution in [0.25, 0.3) is 0 Å². The van der Waals surface area contributed by atoms with Crippen LogP contribution in [-0.2, 0) is 10.0 Å². The van der Waals surface area contributed by atoms with Crippen molar-refractivity contribution < 1.29 is 18.3 Å². The second-order valence-corrected chi connectivity index (χ2v) is 5.58. The van der Waals surface area contributed by atoms with Crippen molar-refractivity contribution in [1.82, 2.24) is 4.72 Å². The van der Waals surface area contributed by atoms with Crippen LogP contribution in [0.1, 0.15) is 13.3 Å². The number of aliphatic hydroxyl groups excluding tert-OH is 1. The molecule has 0 heterocycles.